The van der Waals surface area contributed by atoms with E-state index < -0.39 is 5.60 Å². The Morgan fingerprint density at radius 2 is 1.22 bits per heavy atom. The molecule has 0 amide bonds. The molecule has 0 heterocycles. The summed E-state index contributed by atoms with van der Waals surface area (Å²) in [6.07, 6.45) is 0. The zero-order valence-electron chi connectivity index (χ0n) is 15.0. The SMILES string of the molecule is CC1(O)c2ccc3c(ccc4ccccc43)c2-c2ccc3ccccc3c21. The van der Waals surface area contributed by atoms with Crippen molar-refractivity contribution in [2.75, 3.05) is 0 Å². The van der Waals surface area contributed by atoms with Gasteiger partial charge in [-0.1, -0.05) is 84.9 Å². The van der Waals surface area contributed by atoms with Crippen molar-refractivity contribution in [2.24, 2.45) is 0 Å². The standard InChI is InChI=1S/C26H18O/c1-26(27)23-15-14-20-18-8-4-2-6-16(18)10-12-21(20)24(23)22-13-11-17-7-3-5-9-19(17)25(22)26/h2-15,27H,1H3. The van der Waals surface area contributed by atoms with Gasteiger partial charge in [-0.05, 0) is 55.9 Å². The second kappa shape index (κ2) is 4.97. The molecule has 128 valence electrons. The first-order chi connectivity index (χ1) is 13.2. The second-order valence-electron chi connectivity index (χ2n) is 7.65. The molecule has 1 aliphatic carbocycles. The number of rotatable bonds is 0. The van der Waals surface area contributed by atoms with E-state index in [1.54, 1.807) is 0 Å². The van der Waals surface area contributed by atoms with Crippen LogP contribution in [0.5, 0.6) is 0 Å². The maximum Gasteiger partial charge on any atom is 0.114 e. The Bertz CT molecular complexity index is 1390. The molecule has 27 heavy (non-hydrogen) atoms. The third-order valence-corrected chi connectivity index (χ3v) is 6.14. The predicted molar refractivity (Wildman–Crippen MR) is 113 cm³/mol. The maximum atomic E-state index is 11.6. The van der Waals surface area contributed by atoms with Crippen LogP contribution in [-0.4, -0.2) is 5.11 Å². The molecule has 0 aromatic heterocycles. The van der Waals surface area contributed by atoms with E-state index in [1.165, 1.54) is 32.5 Å². The fraction of sp³-hybridized carbons (Fsp3) is 0.0769. The van der Waals surface area contributed by atoms with E-state index in [2.05, 4.69) is 72.8 Å². The molecule has 1 nitrogen and oxygen atoms in total. The van der Waals surface area contributed by atoms with Crippen molar-refractivity contribution < 1.29 is 5.11 Å². The lowest BCUT2D eigenvalue weighted by molar-refractivity contribution is 0.109. The third-order valence-electron chi connectivity index (χ3n) is 6.14. The van der Waals surface area contributed by atoms with Crippen LogP contribution in [-0.2, 0) is 5.60 Å². The van der Waals surface area contributed by atoms with Crippen molar-refractivity contribution in [3.8, 4) is 11.1 Å². The summed E-state index contributed by atoms with van der Waals surface area (Å²) >= 11 is 0. The van der Waals surface area contributed by atoms with Gasteiger partial charge in [0.15, 0.2) is 0 Å². The van der Waals surface area contributed by atoms with Gasteiger partial charge in [-0.3, -0.25) is 0 Å². The molecular weight excluding hydrogens is 328 g/mol. The molecule has 0 aliphatic heterocycles. The van der Waals surface area contributed by atoms with Crippen molar-refractivity contribution in [2.45, 2.75) is 12.5 Å². The molecule has 0 fully saturated rings. The molecule has 1 N–H and O–H groups in total. The normalized spacial score (nSPS) is 18.1. The van der Waals surface area contributed by atoms with Crippen LogP contribution in [0.1, 0.15) is 18.1 Å². The Labute approximate surface area is 157 Å². The molecule has 1 aliphatic rings. The van der Waals surface area contributed by atoms with Crippen LogP contribution >= 0.6 is 0 Å². The summed E-state index contributed by atoms with van der Waals surface area (Å²) in [5.41, 5.74) is 3.34. The van der Waals surface area contributed by atoms with E-state index in [0.29, 0.717) is 0 Å². The maximum absolute atomic E-state index is 11.6. The van der Waals surface area contributed by atoms with E-state index in [0.717, 1.165) is 22.1 Å². The zero-order chi connectivity index (χ0) is 18.2. The minimum atomic E-state index is -0.995. The van der Waals surface area contributed by atoms with Crippen molar-refractivity contribution >= 4 is 32.3 Å². The predicted octanol–water partition coefficient (Wildman–Crippen LogP) is 6.38. The van der Waals surface area contributed by atoms with E-state index in [9.17, 15) is 5.11 Å². The minimum absolute atomic E-state index is 0.995. The quantitative estimate of drug-likeness (QED) is 0.322. The molecule has 1 atom stereocenters. The molecule has 5 aromatic rings. The molecule has 0 radical (unpaired) electrons. The van der Waals surface area contributed by atoms with Gasteiger partial charge in [-0.15, -0.1) is 0 Å². The van der Waals surface area contributed by atoms with E-state index >= 15 is 0 Å². The monoisotopic (exact) mass is 346 g/mol. The lowest BCUT2D eigenvalue weighted by atomic mass is 9.89. The smallest absolute Gasteiger partial charge is 0.114 e. The minimum Gasteiger partial charge on any atom is -0.381 e. The Hall–Kier alpha value is -3.16. The largest absolute Gasteiger partial charge is 0.381 e. The van der Waals surface area contributed by atoms with Crippen molar-refractivity contribution in [3.05, 3.63) is 96.1 Å². The molecule has 5 aromatic carbocycles. The molecule has 1 unspecified atom stereocenters. The number of fused-ring (bicyclic) bond motifs is 9. The number of hydrogen-bond acceptors (Lipinski definition) is 1. The van der Waals surface area contributed by atoms with E-state index in [-0.39, 0.29) is 0 Å². The summed E-state index contributed by atoms with van der Waals surface area (Å²) < 4.78 is 0. The van der Waals surface area contributed by atoms with Crippen LogP contribution in [0.4, 0.5) is 0 Å². The average Bonchev–Trinajstić information content (AvgIpc) is 2.95. The van der Waals surface area contributed by atoms with Crippen LogP contribution in [0.3, 0.4) is 0 Å². The summed E-state index contributed by atoms with van der Waals surface area (Å²) in [4.78, 5) is 0. The highest BCUT2D eigenvalue weighted by Crippen LogP contribution is 2.52. The number of aliphatic hydroxyl groups is 1. The first-order valence-corrected chi connectivity index (χ1v) is 9.36. The summed E-state index contributed by atoms with van der Waals surface area (Å²) in [5, 5.41) is 18.8. The number of hydrogen-bond donors (Lipinski definition) is 1. The Morgan fingerprint density at radius 3 is 2.04 bits per heavy atom. The van der Waals surface area contributed by atoms with Crippen molar-refractivity contribution in [1.82, 2.24) is 0 Å². The van der Waals surface area contributed by atoms with Crippen LogP contribution in [0.2, 0.25) is 0 Å². The number of benzene rings is 5. The fourth-order valence-electron chi connectivity index (χ4n) is 4.92. The Kier molecular flexibility index (Phi) is 2.75. The molecule has 0 saturated carbocycles. The van der Waals surface area contributed by atoms with Gasteiger partial charge in [0.25, 0.3) is 0 Å². The summed E-state index contributed by atoms with van der Waals surface area (Å²) in [5.74, 6) is 0. The van der Waals surface area contributed by atoms with Gasteiger partial charge in [0.1, 0.15) is 5.60 Å². The highest BCUT2D eigenvalue weighted by atomic mass is 16.3. The highest BCUT2D eigenvalue weighted by molar-refractivity contribution is 6.15. The van der Waals surface area contributed by atoms with Gasteiger partial charge in [0, 0.05) is 5.56 Å². The van der Waals surface area contributed by atoms with Crippen LogP contribution in [0.25, 0.3) is 43.4 Å². The molecule has 0 spiro atoms. The molecule has 0 bridgehead atoms. The first-order valence-electron chi connectivity index (χ1n) is 9.36. The lowest BCUT2D eigenvalue weighted by Crippen LogP contribution is -2.19. The molecule has 6 rings (SSSR count). The Morgan fingerprint density at radius 1 is 0.593 bits per heavy atom. The average molecular weight is 346 g/mol. The third kappa shape index (κ3) is 1.82. The molecular formula is C26H18O. The van der Waals surface area contributed by atoms with E-state index in [1.807, 2.05) is 19.1 Å². The van der Waals surface area contributed by atoms with Gasteiger partial charge < -0.3 is 5.11 Å². The van der Waals surface area contributed by atoms with E-state index in [4.69, 9.17) is 0 Å². The van der Waals surface area contributed by atoms with Crippen LogP contribution in [0.15, 0.2) is 84.9 Å². The summed E-state index contributed by atoms with van der Waals surface area (Å²) in [6.45, 7) is 1.93. The Balaban J connectivity index is 1.82. The first kappa shape index (κ1) is 15.0. The molecule has 1 heteroatoms. The fourth-order valence-corrected chi connectivity index (χ4v) is 4.92. The topological polar surface area (TPSA) is 20.2 Å². The van der Waals surface area contributed by atoms with Gasteiger partial charge >= 0.3 is 0 Å². The van der Waals surface area contributed by atoms with Crippen LogP contribution < -0.4 is 0 Å². The highest BCUT2D eigenvalue weighted by Gasteiger charge is 2.39. The van der Waals surface area contributed by atoms with Gasteiger partial charge in [-0.25, -0.2) is 0 Å². The van der Waals surface area contributed by atoms with Gasteiger partial charge in [0.05, 0.1) is 0 Å². The molecule has 0 saturated heterocycles. The van der Waals surface area contributed by atoms with Gasteiger partial charge in [0.2, 0.25) is 0 Å². The lowest BCUT2D eigenvalue weighted by Gasteiger charge is -2.22. The zero-order valence-corrected chi connectivity index (χ0v) is 15.0. The van der Waals surface area contributed by atoms with Gasteiger partial charge in [-0.2, -0.15) is 0 Å². The van der Waals surface area contributed by atoms with Crippen LogP contribution in [0, 0.1) is 0 Å². The van der Waals surface area contributed by atoms with Crippen molar-refractivity contribution in [3.63, 3.8) is 0 Å². The summed E-state index contributed by atoms with van der Waals surface area (Å²) in [7, 11) is 0. The van der Waals surface area contributed by atoms with Crippen molar-refractivity contribution in [1.29, 1.82) is 0 Å². The summed E-state index contributed by atoms with van der Waals surface area (Å²) in [6, 6.07) is 29.8. The second-order valence-corrected chi connectivity index (χ2v) is 7.65.